The second kappa shape index (κ2) is 7.05. The van der Waals surface area contributed by atoms with E-state index >= 15 is 0 Å². The van der Waals surface area contributed by atoms with Crippen molar-refractivity contribution in [1.82, 2.24) is 0 Å². The molecule has 142 valence electrons. The van der Waals surface area contributed by atoms with Crippen LogP contribution >= 0.6 is 0 Å². The number of nitrogens with one attached hydrogen (secondary N) is 1. The maximum atomic E-state index is 14.2. The molecular formula is C22H18F2N2O2. The summed E-state index contributed by atoms with van der Waals surface area (Å²) in [6, 6.07) is 19.6. The second-order valence-corrected chi connectivity index (χ2v) is 6.71. The highest BCUT2D eigenvalue weighted by atomic mass is 19.1. The summed E-state index contributed by atoms with van der Waals surface area (Å²) in [5, 5.41) is 13.1. The van der Waals surface area contributed by atoms with Crippen LogP contribution in [0.25, 0.3) is 0 Å². The van der Waals surface area contributed by atoms with Crippen molar-refractivity contribution in [3.63, 3.8) is 0 Å². The van der Waals surface area contributed by atoms with E-state index in [9.17, 15) is 18.7 Å². The van der Waals surface area contributed by atoms with Gasteiger partial charge in [0.25, 0.3) is 5.91 Å². The number of hydrogen-bond donors (Lipinski definition) is 2. The topological polar surface area (TPSA) is 52.6 Å². The van der Waals surface area contributed by atoms with Crippen molar-refractivity contribution >= 4 is 17.3 Å². The quantitative estimate of drug-likeness (QED) is 0.708. The van der Waals surface area contributed by atoms with Crippen molar-refractivity contribution < 1.29 is 18.7 Å². The predicted octanol–water partition coefficient (Wildman–Crippen LogP) is 3.81. The molecule has 1 atom stereocenters. The third-order valence-electron chi connectivity index (χ3n) is 4.96. The number of aliphatic hydroxyl groups is 1. The maximum absolute atomic E-state index is 14.2. The summed E-state index contributed by atoms with van der Waals surface area (Å²) < 4.78 is 27.5. The fraction of sp³-hybridized carbons (Fsp3) is 0.136. The number of fused-ring (bicyclic) bond motifs is 1. The van der Waals surface area contributed by atoms with Gasteiger partial charge >= 0.3 is 0 Å². The fourth-order valence-electron chi connectivity index (χ4n) is 3.58. The van der Waals surface area contributed by atoms with Crippen molar-refractivity contribution in [2.75, 3.05) is 16.8 Å². The van der Waals surface area contributed by atoms with Crippen LogP contribution in [0.3, 0.4) is 0 Å². The highest BCUT2D eigenvalue weighted by Gasteiger charge is 2.51. The molecule has 4 nitrogen and oxygen atoms in total. The van der Waals surface area contributed by atoms with Gasteiger partial charge in [-0.05, 0) is 23.8 Å². The average Bonchev–Trinajstić information content (AvgIpc) is 2.94. The highest BCUT2D eigenvalue weighted by Crippen LogP contribution is 2.43. The largest absolute Gasteiger partial charge is 0.393 e. The first-order valence-electron chi connectivity index (χ1n) is 8.84. The van der Waals surface area contributed by atoms with E-state index in [1.165, 1.54) is 6.07 Å². The van der Waals surface area contributed by atoms with Crippen LogP contribution in [0.2, 0.25) is 0 Å². The van der Waals surface area contributed by atoms with Crippen molar-refractivity contribution in [3.8, 4) is 0 Å². The van der Waals surface area contributed by atoms with Crippen molar-refractivity contribution in [3.05, 3.63) is 95.6 Å². The number of benzene rings is 3. The number of carbonyl (C=O) groups is 1. The Kier molecular flexibility index (Phi) is 4.57. The Morgan fingerprint density at radius 2 is 1.68 bits per heavy atom. The zero-order chi connectivity index (χ0) is 19.7. The first-order chi connectivity index (χ1) is 13.5. The number of carbonyl (C=O) groups excluding carboxylic acids is 1. The van der Waals surface area contributed by atoms with Gasteiger partial charge in [0.05, 0.1) is 24.5 Å². The molecule has 0 spiro atoms. The highest BCUT2D eigenvalue weighted by molar-refractivity contribution is 6.09. The number of rotatable bonds is 5. The minimum absolute atomic E-state index is 0.0554. The monoisotopic (exact) mass is 380 g/mol. The molecule has 1 aliphatic heterocycles. The molecule has 0 fully saturated rings. The number of para-hydroxylation sites is 1. The third-order valence-corrected chi connectivity index (χ3v) is 4.96. The minimum Gasteiger partial charge on any atom is -0.393 e. The summed E-state index contributed by atoms with van der Waals surface area (Å²) in [6.07, 6.45) is 0. The van der Waals surface area contributed by atoms with Crippen LogP contribution in [-0.4, -0.2) is 17.6 Å². The van der Waals surface area contributed by atoms with Gasteiger partial charge < -0.3 is 15.3 Å². The third kappa shape index (κ3) is 2.92. The number of hydrogen-bond acceptors (Lipinski definition) is 3. The molecule has 2 N–H and O–H groups in total. The Labute approximate surface area is 161 Å². The van der Waals surface area contributed by atoms with Gasteiger partial charge in [0.2, 0.25) is 0 Å². The Bertz CT molecular complexity index is 1030. The average molecular weight is 380 g/mol. The molecule has 0 aliphatic carbocycles. The van der Waals surface area contributed by atoms with Gasteiger partial charge in [-0.15, -0.1) is 0 Å². The van der Waals surface area contributed by atoms with Gasteiger partial charge in [-0.3, -0.25) is 4.79 Å². The van der Waals surface area contributed by atoms with Crippen LogP contribution in [0.1, 0.15) is 11.1 Å². The zero-order valence-corrected chi connectivity index (χ0v) is 14.9. The SMILES string of the molecule is O=C1N(Cc2ccccc2)c2ccccc2C1(CO)Nc1ccc(F)cc1F. The molecular weight excluding hydrogens is 362 g/mol. The Hall–Kier alpha value is -3.25. The molecule has 1 unspecified atom stereocenters. The number of amides is 1. The lowest BCUT2D eigenvalue weighted by Gasteiger charge is -2.29. The van der Waals surface area contributed by atoms with Crippen molar-refractivity contribution in [2.45, 2.75) is 12.1 Å². The van der Waals surface area contributed by atoms with Gasteiger partial charge in [-0.2, -0.15) is 0 Å². The van der Waals surface area contributed by atoms with E-state index in [2.05, 4.69) is 5.32 Å². The molecule has 3 aromatic rings. The number of halogens is 2. The standard InChI is InChI=1S/C22H18F2N2O2/c23-16-10-11-19(18(24)12-16)25-22(14-27)17-8-4-5-9-20(17)26(21(22)28)13-15-6-2-1-3-7-15/h1-12,25,27H,13-14H2. The lowest BCUT2D eigenvalue weighted by atomic mass is 9.91. The summed E-state index contributed by atoms with van der Waals surface area (Å²) in [7, 11) is 0. The molecule has 0 saturated heterocycles. The van der Waals surface area contributed by atoms with Gasteiger partial charge in [0.15, 0.2) is 5.54 Å². The maximum Gasteiger partial charge on any atom is 0.260 e. The molecule has 0 saturated carbocycles. The Morgan fingerprint density at radius 3 is 2.39 bits per heavy atom. The fourth-order valence-corrected chi connectivity index (χ4v) is 3.58. The van der Waals surface area contributed by atoms with Crippen molar-refractivity contribution in [1.29, 1.82) is 0 Å². The van der Waals surface area contributed by atoms with Gasteiger partial charge in [-0.1, -0.05) is 48.5 Å². The zero-order valence-electron chi connectivity index (χ0n) is 14.9. The number of nitrogens with zero attached hydrogens (tertiary/aromatic N) is 1. The van der Waals surface area contributed by atoms with E-state index in [1.54, 1.807) is 29.2 Å². The first kappa shape index (κ1) is 18.1. The number of anilines is 2. The lowest BCUT2D eigenvalue weighted by Crippen LogP contribution is -2.48. The molecule has 0 aromatic heterocycles. The van der Waals surface area contributed by atoms with Crippen LogP contribution in [0, 0.1) is 11.6 Å². The van der Waals surface area contributed by atoms with Gasteiger partial charge in [0.1, 0.15) is 11.6 Å². The normalized spacial score (nSPS) is 18.2. The summed E-state index contributed by atoms with van der Waals surface area (Å²) >= 11 is 0. The molecule has 3 aromatic carbocycles. The second-order valence-electron chi connectivity index (χ2n) is 6.71. The lowest BCUT2D eigenvalue weighted by molar-refractivity contribution is -0.123. The molecule has 0 bridgehead atoms. The smallest absolute Gasteiger partial charge is 0.260 e. The van der Waals surface area contributed by atoms with Crippen LogP contribution < -0.4 is 10.2 Å². The van der Waals surface area contributed by atoms with Crippen LogP contribution in [0.5, 0.6) is 0 Å². The summed E-state index contributed by atoms with van der Waals surface area (Å²) in [4.78, 5) is 15.0. The Morgan fingerprint density at radius 1 is 0.964 bits per heavy atom. The molecule has 1 amide bonds. The summed E-state index contributed by atoms with van der Waals surface area (Å²) in [5.41, 5.74) is 0.499. The molecule has 0 radical (unpaired) electrons. The van der Waals surface area contributed by atoms with Gasteiger partial charge in [0, 0.05) is 11.6 Å². The van der Waals surface area contributed by atoms with Crippen LogP contribution in [0.15, 0.2) is 72.8 Å². The van der Waals surface area contributed by atoms with E-state index in [1.807, 2.05) is 30.3 Å². The Balaban J connectivity index is 1.78. The van der Waals surface area contributed by atoms with Crippen LogP contribution in [-0.2, 0) is 16.9 Å². The minimum atomic E-state index is -1.55. The van der Waals surface area contributed by atoms with E-state index < -0.39 is 29.7 Å². The van der Waals surface area contributed by atoms with Gasteiger partial charge in [-0.25, -0.2) is 8.78 Å². The molecule has 6 heteroatoms. The molecule has 4 rings (SSSR count). The van der Waals surface area contributed by atoms with E-state index in [0.717, 1.165) is 17.7 Å². The summed E-state index contributed by atoms with van der Waals surface area (Å²) in [6.45, 7) is -0.267. The molecule has 1 aliphatic rings. The van der Waals surface area contributed by atoms with Crippen LogP contribution in [0.4, 0.5) is 20.2 Å². The number of aliphatic hydroxyl groups excluding tert-OH is 1. The predicted molar refractivity (Wildman–Crippen MR) is 103 cm³/mol. The summed E-state index contributed by atoms with van der Waals surface area (Å²) in [5.74, 6) is -1.95. The van der Waals surface area contributed by atoms with E-state index in [4.69, 9.17) is 0 Å². The van der Waals surface area contributed by atoms with E-state index in [0.29, 0.717) is 17.8 Å². The van der Waals surface area contributed by atoms with E-state index in [-0.39, 0.29) is 5.69 Å². The first-order valence-corrected chi connectivity index (χ1v) is 8.84. The van der Waals surface area contributed by atoms with Crippen molar-refractivity contribution in [2.24, 2.45) is 0 Å². The molecule has 1 heterocycles. The molecule has 28 heavy (non-hydrogen) atoms.